The molecule has 2 heterocycles. The van der Waals surface area contributed by atoms with E-state index in [-0.39, 0.29) is 6.61 Å². The van der Waals surface area contributed by atoms with Crippen molar-refractivity contribution < 1.29 is 32.2 Å². The third-order valence-electron chi connectivity index (χ3n) is 6.20. The second-order valence-corrected chi connectivity index (χ2v) is 12.0. The van der Waals surface area contributed by atoms with E-state index in [1.165, 1.54) is 4.90 Å². The molecule has 0 aromatic rings. The average Bonchev–Trinajstić information content (AvgIpc) is 2.75. The normalized spacial score (nSPS) is 18.6. The van der Waals surface area contributed by atoms with Crippen LogP contribution in [0.15, 0.2) is 0 Å². The molecule has 2 aliphatic heterocycles. The molecule has 0 atom stereocenters. The molecular weight excluding hydrogens is 520 g/mol. The van der Waals surface area contributed by atoms with Crippen LogP contribution >= 0.6 is 34.8 Å². The van der Waals surface area contributed by atoms with Crippen molar-refractivity contribution >= 4 is 47.0 Å². The van der Waals surface area contributed by atoms with E-state index in [4.69, 9.17) is 39.5 Å². The van der Waals surface area contributed by atoms with Gasteiger partial charge in [-0.1, -0.05) is 62.5 Å². The van der Waals surface area contributed by atoms with Gasteiger partial charge in [0, 0.05) is 26.2 Å². The van der Waals surface area contributed by atoms with Gasteiger partial charge >= 0.3 is 18.4 Å². The Labute approximate surface area is 215 Å². The van der Waals surface area contributed by atoms with Gasteiger partial charge in [-0.25, -0.2) is 9.59 Å². The van der Waals surface area contributed by atoms with Crippen LogP contribution in [-0.4, -0.2) is 71.3 Å². The quantitative estimate of drug-likeness (QED) is 0.354. The Kier molecular flexibility index (Phi) is 12.9. The lowest BCUT2D eigenvalue weighted by Crippen LogP contribution is -2.40. The molecule has 2 rings (SSSR count). The van der Waals surface area contributed by atoms with Crippen molar-refractivity contribution in [2.24, 2.45) is 23.7 Å². The third-order valence-corrected chi connectivity index (χ3v) is 6.53. The molecule has 2 aliphatic rings. The van der Waals surface area contributed by atoms with Crippen LogP contribution in [0.3, 0.4) is 0 Å². The van der Waals surface area contributed by atoms with Gasteiger partial charge in [0.1, 0.15) is 6.61 Å². The first kappa shape index (κ1) is 31.2. The number of rotatable bonds is 4. The molecular formula is C22H36Cl3F3N2O4. The first-order chi connectivity index (χ1) is 15.6. The minimum absolute atomic E-state index is 0.208. The number of halogens is 6. The van der Waals surface area contributed by atoms with Crippen LogP contribution in [0.4, 0.5) is 22.8 Å². The summed E-state index contributed by atoms with van der Waals surface area (Å²) in [5, 5.41) is 0. The zero-order valence-corrected chi connectivity index (χ0v) is 22.4. The molecule has 0 unspecified atom stereocenters. The summed E-state index contributed by atoms with van der Waals surface area (Å²) in [4.78, 5) is 26.0. The zero-order chi connectivity index (χ0) is 26.1. The summed E-state index contributed by atoms with van der Waals surface area (Å²) in [6, 6.07) is 0. The van der Waals surface area contributed by atoms with Crippen molar-refractivity contribution in [3.05, 3.63) is 0 Å². The number of hydrogen-bond acceptors (Lipinski definition) is 4. The molecule has 2 fully saturated rings. The van der Waals surface area contributed by atoms with Crippen molar-refractivity contribution in [3.63, 3.8) is 0 Å². The lowest BCUT2D eigenvalue weighted by atomic mass is 9.87. The number of alkyl halides is 6. The highest BCUT2D eigenvalue weighted by atomic mass is 35.6. The van der Waals surface area contributed by atoms with E-state index in [1.807, 2.05) is 0 Å². The van der Waals surface area contributed by atoms with Crippen molar-refractivity contribution in [3.8, 4) is 0 Å². The highest BCUT2D eigenvalue weighted by Crippen LogP contribution is 2.28. The molecule has 0 N–H and O–H groups in total. The molecule has 0 radical (unpaired) electrons. The molecule has 0 saturated carbocycles. The summed E-state index contributed by atoms with van der Waals surface area (Å²) in [6.45, 7) is 9.35. The first-order valence-electron chi connectivity index (χ1n) is 11.6. The molecule has 0 spiro atoms. The third kappa shape index (κ3) is 12.8. The Bertz CT molecular complexity index is 576. The van der Waals surface area contributed by atoms with Gasteiger partial charge < -0.3 is 19.3 Å². The van der Waals surface area contributed by atoms with Crippen LogP contribution in [0.25, 0.3) is 0 Å². The molecule has 0 aromatic heterocycles. The summed E-state index contributed by atoms with van der Waals surface area (Å²) in [6.07, 6.45) is -2.01. The second kappa shape index (κ2) is 14.1. The van der Waals surface area contributed by atoms with Gasteiger partial charge in [0.25, 0.3) is 0 Å². The SMILES string of the molecule is CC(C)C1CCN(C(=O)OCC(Cl)(Cl)Cl)CC1.CC(C)C1CCN(C(=O)OCC(F)(F)F)CC1. The number of carbonyl (C=O) groups is 2. The smallest absolute Gasteiger partial charge is 0.422 e. The maximum absolute atomic E-state index is 11.9. The molecule has 2 saturated heterocycles. The van der Waals surface area contributed by atoms with E-state index in [9.17, 15) is 22.8 Å². The number of likely N-dealkylation sites (tertiary alicyclic amines) is 2. The predicted octanol–water partition coefficient (Wildman–Crippen LogP) is 6.91. The fraction of sp³-hybridized carbons (Fsp3) is 0.909. The number of piperidine rings is 2. The molecule has 200 valence electrons. The number of ether oxygens (including phenoxy) is 2. The molecule has 2 amide bonds. The van der Waals surface area contributed by atoms with Crippen LogP contribution in [0, 0.1) is 23.7 Å². The van der Waals surface area contributed by atoms with Gasteiger partial charge in [-0.15, -0.1) is 0 Å². The Balaban J connectivity index is 0.000000340. The second-order valence-electron chi connectivity index (χ2n) is 9.48. The van der Waals surface area contributed by atoms with Crippen molar-refractivity contribution in [1.29, 1.82) is 0 Å². The molecule has 12 heteroatoms. The summed E-state index contributed by atoms with van der Waals surface area (Å²) in [7, 11) is 0. The molecule has 6 nitrogen and oxygen atoms in total. The van der Waals surface area contributed by atoms with Gasteiger partial charge in [0.05, 0.1) is 0 Å². The van der Waals surface area contributed by atoms with E-state index in [1.54, 1.807) is 4.90 Å². The largest absolute Gasteiger partial charge is 0.445 e. The maximum atomic E-state index is 11.9. The minimum Gasteiger partial charge on any atom is -0.445 e. The van der Waals surface area contributed by atoms with E-state index < -0.39 is 28.8 Å². The highest BCUT2D eigenvalue weighted by Gasteiger charge is 2.32. The lowest BCUT2D eigenvalue weighted by molar-refractivity contribution is -0.162. The summed E-state index contributed by atoms with van der Waals surface area (Å²) in [5.74, 6) is 2.44. The number of amides is 2. The Morgan fingerprint density at radius 1 is 0.765 bits per heavy atom. The standard InChI is InChI=1S/C11H18Cl3NO2.C11H18F3NO2/c2*1-8(2)9-3-5-15(6-4-9)10(16)17-7-11(12,13)14/h2*8-9H,3-7H2,1-2H3. The van der Waals surface area contributed by atoms with Crippen LogP contribution in [-0.2, 0) is 9.47 Å². The van der Waals surface area contributed by atoms with Gasteiger partial charge in [0.2, 0.25) is 3.79 Å². The van der Waals surface area contributed by atoms with E-state index >= 15 is 0 Å². The topological polar surface area (TPSA) is 59.1 Å². The minimum atomic E-state index is -4.45. The Hall–Kier alpha value is -0.800. The van der Waals surface area contributed by atoms with Crippen LogP contribution in [0.2, 0.25) is 0 Å². The van der Waals surface area contributed by atoms with Crippen molar-refractivity contribution in [2.45, 2.75) is 63.3 Å². The predicted molar refractivity (Wildman–Crippen MR) is 127 cm³/mol. The number of carbonyl (C=O) groups excluding carboxylic acids is 2. The Morgan fingerprint density at radius 3 is 1.35 bits per heavy atom. The number of hydrogen-bond donors (Lipinski definition) is 0. The summed E-state index contributed by atoms with van der Waals surface area (Å²) in [5.41, 5.74) is 0. The van der Waals surface area contributed by atoms with E-state index in [0.29, 0.717) is 36.8 Å². The molecule has 0 aromatic carbocycles. The zero-order valence-electron chi connectivity index (χ0n) is 20.2. The monoisotopic (exact) mass is 554 g/mol. The van der Waals surface area contributed by atoms with Crippen molar-refractivity contribution in [2.75, 3.05) is 39.4 Å². The molecule has 0 bridgehead atoms. The first-order valence-corrected chi connectivity index (χ1v) is 12.7. The molecule has 34 heavy (non-hydrogen) atoms. The van der Waals surface area contributed by atoms with Gasteiger partial charge in [-0.3, -0.25) is 0 Å². The fourth-order valence-electron chi connectivity index (χ4n) is 3.97. The average molecular weight is 556 g/mol. The Morgan fingerprint density at radius 2 is 1.09 bits per heavy atom. The van der Waals surface area contributed by atoms with Gasteiger partial charge in [0.15, 0.2) is 6.61 Å². The lowest BCUT2D eigenvalue weighted by Gasteiger charge is -2.33. The van der Waals surface area contributed by atoms with E-state index in [0.717, 1.165) is 38.8 Å². The summed E-state index contributed by atoms with van der Waals surface area (Å²) < 4.78 is 43.2. The highest BCUT2D eigenvalue weighted by molar-refractivity contribution is 6.67. The van der Waals surface area contributed by atoms with Crippen LogP contribution in [0.5, 0.6) is 0 Å². The van der Waals surface area contributed by atoms with Gasteiger partial charge in [-0.05, 0) is 49.4 Å². The molecule has 0 aliphatic carbocycles. The maximum Gasteiger partial charge on any atom is 0.422 e. The van der Waals surface area contributed by atoms with E-state index in [2.05, 4.69) is 32.4 Å². The summed E-state index contributed by atoms with van der Waals surface area (Å²) >= 11 is 16.5. The number of nitrogens with zero attached hydrogens (tertiary/aromatic N) is 2. The van der Waals surface area contributed by atoms with Crippen LogP contribution < -0.4 is 0 Å². The van der Waals surface area contributed by atoms with Crippen molar-refractivity contribution in [1.82, 2.24) is 9.80 Å². The van der Waals surface area contributed by atoms with Crippen LogP contribution in [0.1, 0.15) is 53.4 Å². The fourth-order valence-corrected chi connectivity index (χ4v) is 4.13. The van der Waals surface area contributed by atoms with Gasteiger partial charge in [-0.2, -0.15) is 13.2 Å².